The number of carboxylic acid groups (broad SMARTS) is 1. The number of rotatable bonds is 14. The number of ketones is 1. The van der Waals surface area contributed by atoms with Crippen LogP contribution in [-0.4, -0.2) is 39.3 Å². The second-order valence-electron chi connectivity index (χ2n) is 7.57. The van der Waals surface area contributed by atoms with Crippen molar-refractivity contribution in [3.05, 3.63) is 12.2 Å². The largest absolute Gasteiger partial charge is 0.481 e. The molecule has 5 heteroatoms. The monoisotopic (exact) mass is 368 g/mol. The molecule has 26 heavy (non-hydrogen) atoms. The number of aliphatic carboxylic acids is 1. The minimum Gasteiger partial charge on any atom is -0.481 e. The van der Waals surface area contributed by atoms with Gasteiger partial charge in [0.15, 0.2) is 0 Å². The highest BCUT2D eigenvalue weighted by Gasteiger charge is 2.39. The van der Waals surface area contributed by atoms with E-state index in [-0.39, 0.29) is 30.5 Å². The average Bonchev–Trinajstić information content (AvgIpc) is 2.85. The lowest BCUT2D eigenvalue weighted by Gasteiger charge is -2.18. The predicted molar refractivity (Wildman–Crippen MR) is 102 cm³/mol. The van der Waals surface area contributed by atoms with Crippen molar-refractivity contribution in [2.24, 2.45) is 11.8 Å². The third kappa shape index (κ3) is 8.95. The molecule has 3 N–H and O–H groups in total. The van der Waals surface area contributed by atoms with Crippen LogP contribution in [0.25, 0.3) is 0 Å². The molecule has 1 aliphatic rings. The number of unbranched alkanes of at least 4 members (excludes halogenated alkanes) is 6. The smallest absolute Gasteiger partial charge is 0.303 e. The SMILES string of the molecule is CCCCCC[C@H](O)/C=C/[C@H]1[C@H](O)CC(=O)[C@@H]1CCCCCCC(=O)O. The van der Waals surface area contributed by atoms with Gasteiger partial charge in [0.1, 0.15) is 5.78 Å². The molecule has 0 spiro atoms. The van der Waals surface area contributed by atoms with Crippen LogP contribution in [0, 0.1) is 11.8 Å². The van der Waals surface area contributed by atoms with Gasteiger partial charge in [-0.1, -0.05) is 64.0 Å². The van der Waals surface area contributed by atoms with Crippen LogP contribution in [0.15, 0.2) is 12.2 Å². The Morgan fingerprint density at radius 2 is 1.85 bits per heavy atom. The molecule has 0 amide bonds. The van der Waals surface area contributed by atoms with Crippen LogP contribution in [0.1, 0.15) is 84.0 Å². The zero-order valence-corrected chi connectivity index (χ0v) is 16.1. The Labute approximate surface area is 157 Å². The zero-order valence-electron chi connectivity index (χ0n) is 16.1. The van der Waals surface area contributed by atoms with Crippen LogP contribution in [-0.2, 0) is 9.59 Å². The van der Waals surface area contributed by atoms with Crippen LogP contribution in [0.3, 0.4) is 0 Å². The maximum absolute atomic E-state index is 12.2. The average molecular weight is 369 g/mol. The second kappa shape index (κ2) is 13.0. The molecule has 0 aromatic heterocycles. The quantitative estimate of drug-likeness (QED) is 0.320. The summed E-state index contributed by atoms with van der Waals surface area (Å²) < 4.78 is 0. The molecule has 1 aliphatic carbocycles. The maximum atomic E-state index is 12.2. The fourth-order valence-corrected chi connectivity index (χ4v) is 3.72. The highest BCUT2D eigenvalue weighted by Crippen LogP contribution is 2.34. The standard InChI is InChI=1S/C21H36O5/c1-2-3-4-7-10-16(22)13-14-18-17(19(23)15-20(18)24)11-8-5-6-9-12-21(25)26/h13-14,16-18,20,22,24H,2-12,15H2,1H3,(H,25,26)/b14-13+/t16-,17+,18+,20+/m0/s1. The van der Waals surface area contributed by atoms with E-state index in [1.165, 1.54) is 12.8 Å². The summed E-state index contributed by atoms with van der Waals surface area (Å²) in [6, 6.07) is 0. The Hall–Kier alpha value is -1.20. The van der Waals surface area contributed by atoms with Crippen LogP contribution < -0.4 is 0 Å². The van der Waals surface area contributed by atoms with Gasteiger partial charge in [-0.3, -0.25) is 9.59 Å². The number of carbonyl (C=O) groups excluding carboxylic acids is 1. The van der Waals surface area contributed by atoms with Crippen molar-refractivity contribution in [2.45, 2.75) is 96.2 Å². The fourth-order valence-electron chi connectivity index (χ4n) is 3.72. The number of aliphatic hydroxyl groups is 2. The Morgan fingerprint density at radius 3 is 2.54 bits per heavy atom. The van der Waals surface area contributed by atoms with Crippen LogP contribution >= 0.6 is 0 Å². The summed E-state index contributed by atoms with van der Waals surface area (Å²) in [5.74, 6) is -1.03. The molecule has 0 unspecified atom stereocenters. The van der Waals surface area contributed by atoms with E-state index in [4.69, 9.17) is 5.11 Å². The topological polar surface area (TPSA) is 94.8 Å². The van der Waals surface area contributed by atoms with Gasteiger partial charge in [-0.15, -0.1) is 0 Å². The molecular weight excluding hydrogens is 332 g/mol. The summed E-state index contributed by atoms with van der Waals surface area (Å²) in [5, 5.41) is 28.9. The first kappa shape index (κ1) is 22.8. The number of hydrogen-bond donors (Lipinski definition) is 3. The lowest BCUT2D eigenvalue weighted by atomic mass is 9.88. The normalized spacial score (nSPS) is 24.4. The first-order valence-corrected chi connectivity index (χ1v) is 10.2. The summed E-state index contributed by atoms with van der Waals surface area (Å²) in [4.78, 5) is 22.6. The molecule has 1 saturated carbocycles. The summed E-state index contributed by atoms with van der Waals surface area (Å²) in [5.41, 5.74) is 0. The second-order valence-corrected chi connectivity index (χ2v) is 7.57. The summed E-state index contributed by atoms with van der Waals surface area (Å²) >= 11 is 0. The third-order valence-electron chi connectivity index (χ3n) is 5.30. The maximum Gasteiger partial charge on any atom is 0.303 e. The Balaban J connectivity index is 2.37. The van der Waals surface area contributed by atoms with E-state index in [2.05, 4.69) is 6.92 Å². The summed E-state index contributed by atoms with van der Waals surface area (Å²) in [6.07, 6.45) is 12.0. The van der Waals surface area contributed by atoms with E-state index in [0.29, 0.717) is 6.42 Å². The predicted octanol–water partition coefficient (Wildman–Crippen LogP) is 3.87. The third-order valence-corrected chi connectivity index (χ3v) is 5.30. The van der Waals surface area contributed by atoms with Crippen molar-refractivity contribution in [3.8, 4) is 0 Å². The molecule has 1 fully saturated rings. The Bertz CT molecular complexity index is 446. The first-order valence-electron chi connectivity index (χ1n) is 10.2. The molecular formula is C21H36O5. The van der Waals surface area contributed by atoms with Crippen molar-refractivity contribution in [2.75, 3.05) is 0 Å². The molecule has 1 rings (SSSR count). The van der Waals surface area contributed by atoms with Crippen molar-refractivity contribution in [3.63, 3.8) is 0 Å². The molecule has 0 radical (unpaired) electrons. The molecule has 0 aromatic carbocycles. The highest BCUT2D eigenvalue weighted by atomic mass is 16.4. The number of hydrogen-bond acceptors (Lipinski definition) is 4. The van der Waals surface area contributed by atoms with Gasteiger partial charge in [0, 0.05) is 24.7 Å². The first-order chi connectivity index (χ1) is 12.5. The molecule has 4 atom stereocenters. The van der Waals surface area contributed by atoms with Gasteiger partial charge in [-0.05, 0) is 19.3 Å². The van der Waals surface area contributed by atoms with E-state index in [1.54, 1.807) is 6.08 Å². The van der Waals surface area contributed by atoms with E-state index in [1.807, 2.05) is 6.08 Å². The van der Waals surface area contributed by atoms with Crippen LogP contribution in [0.2, 0.25) is 0 Å². The molecule has 0 aliphatic heterocycles. The van der Waals surface area contributed by atoms with Gasteiger partial charge >= 0.3 is 5.97 Å². The lowest BCUT2D eigenvalue weighted by Crippen LogP contribution is -2.19. The van der Waals surface area contributed by atoms with Gasteiger partial charge in [0.2, 0.25) is 0 Å². The minimum absolute atomic E-state index is 0.107. The number of carboxylic acids is 1. The van der Waals surface area contributed by atoms with Gasteiger partial charge in [0.05, 0.1) is 12.2 Å². The number of carbonyl (C=O) groups is 2. The Kier molecular flexibility index (Phi) is 11.5. The van der Waals surface area contributed by atoms with E-state index in [0.717, 1.165) is 44.9 Å². The lowest BCUT2D eigenvalue weighted by molar-refractivity contribution is -0.137. The summed E-state index contributed by atoms with van der Waals surface area (Å²) in [7, 11) is 0. The van der Waals surface area contributed by atoms with Crippen LogP contribution in [0.5, 0.6) is 0 Å². The highest BCUT2D eigenvalue weighted by molar-refractivity contribution is 5.84. The van der Waals surface area contributed by atoms with E-state index >= 15 is 0 Å². The van der Waals surface area contributed by atoms with Gasteiger partial charge in [-0.25, -0.2) is 0 Å². The van der Waals surface area contributed by atoms with Crippen molar-refractivity contribution < 1.29 is 24.9 Å². The zero-order chi connectivity index (χ0) is 19.4. The molecule has 150 valence electrons. The van der Waals surface area contributed by atoms with Crippen molar-refractivity contribution in [1.29, 1.82) is 0 Å². The van der Waals surface area contributed by atoms with Gasteiger partial charge in [0.25, 0.3) is 0 Å². The minimum atomic E-state index is -0.766. The van der Waals surface area contributed by atoms with Crippen LogP contribution in [0.4, 0.5) is 0 Å². The van der Waals surface area contributed by atoms with Crippen molar-refractivity contribution >= 4 is 11.8 Å². The van der Waals surface area contributed by atoms with Gasteiger partial charge < -0.3 is 15.3 Å². The fraction of sp³-hybridized carbons (Fsp3) is 0.810. The number of aliphatic hydroxyl groups excluding tert-OH is 2. The molecule has 0 bridgehead atoms. The van der Waals surface area contributed by atoms with Crippen molar-refractivity contribution in [1.82, 2.24) is 0 Å². The Morgan fingerprint density at radius 1 is 1.15 bits per heavy atom. The van der Waals surface area contributed by atoms with E-state index < -0.39 is 18.2 Å². The molecule has 0 heterocycles. The summed E-state index contributed by atoms with van der Waals surface area (Å²) in [6.45, 7) is 2.15. The number of Topliss-reactive ketones (excluding diaryl/α,β-unsaturated/α-hetero) is 1. The van der Waals surface area contributed by atoms with E-state index in [9.17, 15) is 19.8 Å². The molecule has 0 saturated heterocycles. The molecule has 5 nitrogen and oxygen atoms in total. The molecule has 0 aromatic rings. The van der Waals surface area contributed by atoms with Gasteiger partial charge in [-0.2, -0.15) is 0 Å².